The Morgan fingerprint density at radius 2 is 2.04 bits per heavy atom. The van der Waals surface area contributed by atoms with E-state index < -0.39 is 11.2 Å². The zero-order valence-corrected chi connectivity index (χ0v) is 14.0. The first-order chi connectivity index (χ1) is 11.1. The highest BCUT2D eigenvalue weighted by Gasteiger charge is 2.16. The van der Waals surface area contributed by atoms with Gasteiger partial charge in [0, 0.05) is 33.9 Å². The van der Waals surface area contributed by atoms with Crippen molar-refractivity contribution in [2.45, 2.75) is 39.2 Å². The zero-order chi connectivity index (χ0) is 16.8. The van der Waals surface area contributed by atoms with Crippen molar-refractivity contribution in [1.29, 1.82) is 0 Å². The molecule has 0 spiro atoms. The van der Waals surface area contributed by atoms with Gasteiger partial charge in [0.15, 0.2) is 11.2 Å². The Labute approximate surface area is 134 Å². The fourth-order valence-electron chi connectivity index (χ4n) is 2.52. The third-order valence-corrected chi connectivity index (χ3v) is 3.80. The number of methoxy groups -OCH3 is 1. The lowest BCUT2D eigenvalue weighted by atomic mass is 10.2. The maximum atomic E-state index is 12.2. The van der Waals surface area contributed by atoms with Gasteiger partial charge in [-0.15, -0.1) is 0 Å². The van der Waals surface area contributed by atoms with E-state index in [1.807, 2.05) is 4.57 Å². The van der Waals surface area contributed by atoms with Gasteiger partial charge in [0.05, 0.1) is 0 Å². The number of rotatable bonds is 9. The Bertz CT molecular complexity index is 759. The molecule has 2 N–H and O–H groups in total. The number of aryl methyl sites for hydroxylation is 2. The van der Waals surface area contributed by atoms with Gasteiger partial charge in [0.1, 0.15) is 0 Å². The summed E-state index contributed by atoms with van der Waals surface area (Å²) in [6.07, 6.45) is 3.96. The average molecular weight is 323 g/mol. The molecule has 0 unspecified atom stereocenters. The van der Waals surface area contributed by atoms with Crippen molar-refractivity contribution in [3.63, 3.8) is 0 Å². The van der Waals surface area contributed by atoms with E-state index in [-0.39, 0.29) is 0 Å². The molecule has 0 amide bonds. The molecule has 0 fully saturated rings. The fraction of sp³-hybridized carbons (Fsp3) is 0.667. The van der Waals surface area contributed by atoms with E-state index in [1.165, 1.54) is 4.57 Å². The summed E-state index contributed by atoms with van der Waals surface area (Å²) in [5.74, 6) is 0.624. The van der Waals surface area contributed by atoms with Gasteiger partial charge >= 0.3 is 5.69 Å². The van der Waals surface area contributed by atoms with Gasteiger partial charge in [-0.05, 0) is 12.8 Å². The van der Waals surface area contributed by atoms with Gasteiger partial charge in [0.25, 0.3) is 5.56 Å². The number of H-pyrrole nitrogens is 1. The van der Waals surface area contributed by atoms with Crippen LogP contribution in [0.15, 0.2) is 9.59 Å². The van der Waals surface area contributed by atoms with Crippen LogP contribution in [0.5, 0.6) is 0 Å². The molecule has 0 aliphatic carbocycles. The molecule has 0 saturated carbocycles. The number of imidazole rings is 1. The van der Waals surface area contributed by atoms with Crippen molar-refractivity contribution >= 4 is 17.1 Å². The second kappa shape index (κ2) is 7.96. The highest BCUT2D eigenvalue weighted by molar-refractivity contribution is 5.74. The Kier molecular flexibility index (Phi) is 5.97. The van der Waals surface area contributed by atoms with Gasteiger partial charge in [-0.3, -0.25) is 14.3 Å². The number of hydrogen-bond acceptors (Lipinski definition) is 5. The van der Waals surface area contributed by atoms with Crippen LogP contribution in [-0.2, 0) is 18.3 Å². The van der Waals surface area contributed by atoms with Gasteiger partial charge < -0.3 is 14.6 Å². The Morgan fingerprint density at radius 1 is 1.26 bits per heavy atom. The number of nitrogens with one attached hydrogen (secondary N) is 2. The Morgan fingerprint density at radius 3 is 2.74 bits per heavy atom. The predicted octanol–water partition coefficient (Wildman–Crippen LogP) is 1.06. The summed E-state index contributed by atoms with van der Waals surface area (Å²) in [6, 6.07) is 0. The summed E-state index contributed by atoms with van der Waals surface area (Å²) in [4.78, 5) is 30.8. The second-order valence-corrected chi connectivity index (χ2v) is 5.56. The summed E-state index contributed by atoms with van der Waals surface area (Å²) in [6.45, 7) is 4.17. The van der Waals surface area contributed by atoms with Crippen LogP contribution in [0.2, 0.25) is 0 Å². The van der Waals surface area contributed by atoms with E-state index in [2.05, 4.69) is 22.2 Å². The van der Waals surface area contributed by atoms with Gasteiger partial charge in [-0.2, -0.15) is 4.98 Å². The van der Waals surface area contributed by atoms with Crippen LogP contribution in [0.25, 0.3) is 11.2 Å². The minimum Gasteiger partial charge on any atom is -0.385 e. The molecule has 2 rings (SSSR count). The van der Waals surface area contributed by atoms with Crippen LogP contribution >= 0.6 is 0 Å². The van der Waals surface area contributed by atoms with Crippen LogP contribution in [0.1, 0.15) is 32.6 Å². The quantitative estimate of drug-likeness (QED) is 0.673. The van der Waals surface area contributed by atoms with Crippen LogP contribution in [0.3, 0.4) is 0 Å². The predicted molar refractivity (Wildman–Crippen MR) is 90.1 cm³/mol. The Balaban J connectivity index is 2.40. The van der Waals surface area contributed by atoms with Gasteiger partial charge in [-0.25, -0.2) is 4.79 Å². The molecule has 2 aromatic rings. The molecule has 0 radical (unpaired) electrons. The van der Waals surface area contributed by atoms with E-state index in [9.17, 15) is 9.59 Å². The van der Waals surface area contributed by atoms with Crippen molar-refractivity contribution in [1.82, 2.24) is 19.1 Å². The lowest BCUT2D eigenvalue weighted by Gasteiger charge is -2.10. The maximum Gasteiger partial charge on any atom is 0.329 e. The van der Waals surface area contributed by atoms with Crippen LogP contribution in [0.4, 0.5) is 5.95 Å². The number of aromatic amines is 1. The molecule has 8 nitrogen and oxygen atoms in total. The number of nitrogens with zero attached hydrogens (tertiary/aromatic N) is 3. The number of hydrogen-bond donors (Lipinski definition) is 2. The smallest absolute Gasteiger partial charge is 0.329 e. The van der Waals surface area contributed by atoms with Gasteiger partial charge in [-0.1, -0.05) is 19.8 Å². The first-order valence-electron chi connectivity index (χ1n) is 8.02. The number of ether oxygens (including phenoxy) is 1. The monoisotopic (exact) mass is 323 g/mol. The first-order valence-corrected chi connectivity index (χ1v) is 8.02. The lowest BCUT2D eigenvalue weighted by molar-refractivity contribution is 0.197. The third-order valence-electron chi connectivity index (χ3n) is 3.80. The highest BCUT2D eigenvalue weighted by atomic mass is 16.5. The first kappa shape index (κ1) is 17.3. The second-order valence-electron chi connectivity index (χ2n) is 5.56. The minimum atomic E-state index is -0.452. The van der Waals surface area contributed by atoms with E-state index in [0.29, 0.717) is 36.8 Å². The molecular formula is C15H25N5O3. The SMILES string of the molecule is CCCCCn1c(NCCCOC)nc2c1c(=O)[nH]c(=O)n2C. The van der Waals surface area contributed by atoms with E-state index >= 15 is 0 Å². The van der Waals surface area contributed by atoms with E-state index in [1.54, 1.807) is 14.2 Å². The van der Waals surface area contributed by atoms with Crippen molar-refractivity contribution < 1.29 is 4.74 Å². The van der Waals surface area contributed by atoms with E-state index in [0.717, 1.165) is 25.7 Å². The lowest BCUT2D eigenvalue weighted by Crippen LogP contribution is -2.29. The molecule has 23 heavy (non-hydrogen) atoms. The summed E-state index contributed by atoms with van der Waals surface area (Å²) >= 11 is 0. The third kappa shape index (κ3) is 3.82. The molecule has 128 valence electrons. The van der Waals surface area contributed by atoms with Crippen molar-refractivity contribution in [3.8, 4) is 0 Å². The van der Waals surface area contributed by atoms with Gasteiger partial charge in [0.2, 0.25) is 5.95 Å². The Hall–Kier alpha value is -2.09. The maximum absolute atomic E-state index is 12.2. The largest absolute Gasteiger partial charge is 0.385 e. The standard InChI is InChI=1S/C15H25N5O3/c1-4-5-6-9-20-11-12(19(2)15(22)18-13(11)21)17-14(20)16-8-7-10-23-3/h4-10H2,1-3H3,(H,16,17)(H,18,21,22). The molecule has 2 aromatic heterocycles. The topological polar surface area (TPSA) is 93.9 Å². The van der Waals surface area contributed by atoms with Crippen molar-refractivity contribution in [2.24, 2.45) is 7.05 Å². The van der Waals surface area contributed by atoms with Crippen LogP contribution in [-0.4, -0.2) is 39.4 Å². The number of anilines is 1. The molecule has 0 aliphatic rings. The number of fused-ring (bicyclic) bond motifs is 1. The van der Waals surface area contributed by atoms with E-state index in [4.69, 9.17) is 4.74 Å². The highest BCUT2D eigenvalue weighted by Crippen LogP contribution is 2.16. The minimum absolute atomic E-state index is 0.392. The van der Waals surface area contributed by atoms with Crippen molar-refractivity contribution in [3.05, 3.63) is 20.8 Å². The average Bonchev–Trinajstić information content (AvgIpc) is 2.89. The normalized spacial score (nSPS) is 11.3. The molecule has 0 saturated heterocycles. The molecular weight excluding hydrogens is 298 g/mol. The molecule has 8 heteroatoms. The fourth-order valence-corrected chi connectivity index (χ4v) is 2.52. The van der Waals surface area contributed by atoms with Crippen molar-refractivity contribution in [2.75, 3.05) is 25.6 Å². The van der Waals surface area contributed by atoms with Crippen LogP contribution < -0.4 is 16.6 Å². The molecule has 0 bridgehead atoms. The summed E-state index contributed by atoms with van der Waals surface area (Å²) in [5, 5.41) is 3.24. The van der Waals surface area contributed by atoms with Crippen LogP contribution in [0, 0.1) is 0 Å². The zero-order valence-electron chi connectivity index (χ0n) is 14.0. The molecule has 2 heterocycles. The summed E-state index contributed by atoms with van der Waals surface area (Å²) in [7, 11) is 3.27. The molecule has 0 aliphatic heterocycles. The number of unbranched alkanes of at least 4 members (excludes halogenated alkanes) is 2. The molecule has 0 atom stereocenters. The summed E-state index contributed by atoms with van der Waals surface area (Å²) < 4.78 is 8.27. The summed E-state index contributed by atoms with van der Waals surface area (Å²) in [5.41, 5.74) is 0.00520. The molecule has 0 aromatic carbocycles. The number of aromatic nitrogens is 4.